The summed E-state index contributed by atoms with van der Waals surface area (Å²) in [5.41, 5.74) is 4.00. The molecule has 2 heterocycles. The number of amides is 3. The van der Waals surface area contributed by atoms with Gasteiger partial charge in [-0.3, -0.25) is 14.4 Å². The van der Waals surface area contributed by atoms with Gasteiger partial charge in [-0.15, -0.1) is 0 Å². The van der Waals surface area contributed by atoms with Gasteiger partial charge in [-0.1, -0.05) is 84.8 Å². The quantitative estimate of drug-likeness (QED) is 0.187. The van der Waals surface area contributed by atoms with Crippen molar-refractivity contribution < 1.29 is 19.5 Å². The van der Waals surface area contributed by atoms with E-state index in [1.165, 1.54) is 18.4 Å². The van der Waals surface area contributed by atoms with Crippen molar-refractivity contribution in [3.63, 3.8) is 0 Å². The van der Waals surface area contributed by atoms with E-state index >= 15 is 0 Å². The van der Waals surface area contributed by atoms with Gasteiger partial charge in [0.1, 0.15) is 11.6 Å². The number of anilines is 1. The first-order valence-electron chi connectivity index (χ1n) is 16.3. The van der Waals surface area contributed by atoms with Gasteiger partial charge in [0.15, 0.2) is 5.13 Å². The zero-order valence-corrected chi connectivity index (χ0v) is 29.7. The van der Waals surface area contributed by atoms with Gasteiger partial charge >= 0.3 is 0 Å². The number of carbonyl (C=O) groups excluding carboxylic acids is 3. The molecule has 0 aliphatic carbocycles. The number of aryl methyl sites for hydroxylation is 2. The molecule has 46 heavy (non-hydrogen) atoms. The van der Waals surface area contributed by atoms with Gasteiger partial charge in [-0.2, -0.15) is 10.3 Å². The Morgan fingerprint density at radius 1 is 1.04 bits per heavy atom. The number of thiazole rings is 1. The van der Waals surface area contributed by atoms with Crippen molar-refractivity contribution in [2.24, 2.45) is 5.41 Å². The summed E-state index contributed by atoms with van der Waals surface area (Å²) in [7, 11) is 1.38. The van der Waals surface area contributed by atoms with Crippen LogP contribution in [0.3, 0.4) is 0 Å². The normalized spacial score (nSPS) is 14.7. The van der Waals surface area contributed by atoms with Crippen molar-refractivity contribution in [3.05, 3.63) is 50.4 Å². The fourth-order valence-corrected chi connectivity index (χ4v) is 6.64. The van der Waals surface area contributed by atoms with Gasteiger partial charge in [0.2, 0.25) is 5.91 Å². The van der Waals surface area contributed by atoms with Crippen LogP contribution in [-0.2, 0) is 33.8 Å². The van der Waals surface area contributed by atoms with Crippen LogP contribution < -0.4 is 4.90 Å². The Morgan fingerprint density at radius 2 is 1.61 bits per heavy atom. The van der Waals surface area contributed by atoms with Crippen LogP contribution in [0.25, 0.3) is 17.3 Å². The molecule has 0 unspecified atom stereocenters. The standard InChI is InChI=1S/C36H49N5O4S/c1-10-14-16-40(17-15-11-2)35-38-31(30-25(12-3)18-24(22-42)19-26(30)13-4)29(46-35)20-27-23(5)28(21-37)33(44)41(32(27)43)39(9)34(45)36(6,7)8/h18-20,42H,10-17,22H2,1-9H3/b27-20-. The van der Waals surface area contributed by atoms with Crippen LogP contribution in [0.2, 0.25) is 0 Å². The molecule has 0 saturated heterocycles. The van der Waals surface area contributed by atoms with Gasteiger partial charge < -0.3 is 10.0 Å². The first-order chi connectivity index (χ1) is 21.8. The molecular formula is C36H49N5O4S. The van der Waals surface area contributed by atoms with Crippen LogP contribution in [0, 0.1) is 16.7 Å². The number of hydrazine groups is 1. The molecule has 0 atom stereocenters. The molecule has 248 valence electrons. The summed E-state index contributed by atoms with van der Waals surface area (Å²) in [6, 6.07) is 6.00. The number of hydrogen-bond donors (Lipinski definition) is 1. The third-order valence-electron chi connectivity index (χ3n) is 8.25. The molecule has 1 aromatic heterocycles. The van der Waals surface area contributed by atoms with E-state index in [-0.39, 0.29) is 23.3 Å². The highest BCUT2D eigenvalue weighted by Crippen LogP contribution is 2.41. The summed E-state index contributed by atoms with van der Waals surface area (Å²) in [6.45, 7) is 16.8. The van der Waals surface area contributed by atoms with Crippen molar-refractivity contribution in [2.45, 2.75) is 101 Å². The molecule has 1 N–H and O–H groups in total. The van der Waals surface area contributed by atoms with E-state index in [9.17, 15) is 24.8 Å². The minimum absolute atomic E-state index is 0.0680. The summed E-state index contributed by atoms with van der Waals surface area (Å²) < 4.78 is 0. The number of carbonyl (C=O) groups is 3. The number of hydrogen-bond acceptors (Lipinski definition) is 8. The highest BCUT2D eigenvalue weighted by molar-refractivity contribution is 7.17. The lowest BCUT2D eigenvalue weighted by Gasteiger charge is -2.36. The number of benzene rings is 1. The maximum absolute atomic E-state index is 14.1. The second-order valence-corrected chi connectivity index (χ2v) is 13.7. The average Bonchev–Trinajstić information content (AvgIpc) is 3.44. The Kier molecular flexibility index (Phi) is 12.5. The molecule has 0 saturated carbocycles. The molecule has 0 radical (unpaired) electrons. The summed E-state index contributed by atoms with van der Waals surface area (Å²) in [4.78, 5) is 49.0. The van der Waals surface area contributed by atoms with Crippen molar-refractivity contribution >= 4 is 40.3 Å². The predicted octanol–water partition coefficient (Wildman–Crippen LogP) is 6.85. The molecule has 2 aromatic rings. The van der Waals surface area contributed by atoms with Crippen LogP contribution in [0.5, 0.6) is 0 Å². The van der Waals surface area contributed by atoms with E-state index < -0.39 is 23.1 Å². The molecule has 9 nitrogen and oxygen atoms in total. The number of aromatic nitrogens is 1. The highest BCUT2D eigenvalue weighted by Gasteiger charge is 2.42. The van der Waals surface area contributed by atoms with Crippen molar-refractivity contribution in [1.82, 2.24) is 15.0 Å². The molecule has 1 aliphatic heterocycles. The molecule has 3 rings (SSSR count). The summed E-state index contributed by atoms with van der Waals surface area (Å²) >= 11 is 1.49. The molecule has 3 amide bonds. The van der Waals surface area contributed by atoms with E-state index in [1.54, 1.807) is 33.8 Å². The van der Waals surface area contributed by atoms with E-state index in [0.29, 0.717) is 12.8 Å². The largest absolute Gasteiger partial charge is 0.392 e. The van der Waals surface area contributed by atoms with Gasteiger partial charge in [0.05, 0.1) is 17.2 Å². The Bertz CT molecular complexity index is 1540. The zero-order chi connectivity index (χ0) is 34.3. The first kappa shape index (κ1) is 36.7. The minimum atomic E-state index is -0.865. The minimum Gasteiger partial charge on any atom is -0.392 e. The first-order valence-corrected chi connectivity index (χ1v) is 17.1. The summed E-state index contributed by atoms with van der Waals surface area (Å²) in [5.74, 6) is -1.92. The molecule has 0 bridgehead atoms. The average molecular weight is 648 g/mol. The molecule has 0 fully saturated rings. The highest BCUT2D eigenvalue weighted by atomic mass is 32.1. The maximum Gasteiger partial charge on any atom is 0.290 e. The number of nitriles is 1. The number of nitrogens with zero attached hydrogens (tertiary/aromatic N) is 5. The van der Waals surface area contributed by atoms with Crippen LogP contribution in [0.4, 0.5) is 5.13 Å². The second-order valence-electron chi connectivity index (χ2n) is 12.7. The van der Waals surface area contributed by atoms with E-state index in [1.807, 2.05) is 18.2 Å². The summed E-state index contributed by atoms with van der Waals surface area (Å²) in [6.07, 6.45) is 7.27. The Labute approximate surface area is 278 Å². The molecule has 1 aliphatic rings. The lowest BCUT2D eigenvalue weighted by Crippen LogP contribution is -2.56. The van der Waals surface area contributed by atoms with Gasteiger partial charge in [-0.25, -0.2) is 9.99 Å². The topological polar surface area (TPSA) is 118 Å². The third kappa shape index (κ3) is 7.59. The number of rotatable bonds is 13. The van der Waals surface area contributed by atoms with E-state index in [4.69, 9.17) is 4.98 Å². The van der Waals surface area contributed by atoms with Crippen LogP contribution in [0.1, 0.15) is 103 Å². The second kappa shape index (κ2) is 15.7. The third-order valence-corrected chi connectivity index (χ3v) is 9.31. The van der Waals surface area contributed by atoms with Crippen molar-refractivity contribution in [1.29, 1.82) is 5.26 Å². The number of imide groups is 1. The molecule has 1 aromatic carbocycles. The smallest absolute Gasteiger partial charge is 0.290 e. The molecular weight excluding hydrogens is 598 g/mol. The van der Waals surface area contributed by atoms with E-state index in [0.717, 1.165) is 86.7 Å². The SMILES string of the molecule is CCCCN(CCCC)c1nc(-c2c(CC)cc(CO)cc2CC)c(/C=C2\C(=O)N(N(C)C(=O)C(C)(C)C)C(=O)C(C#N)=C2C)s1. The van der Waals surface area contributed by atoms with Crippen LogP contribution in [-0.4, -0.2) is 58.0 Å². The molecule has 10 heteroatoms. The van der Waals surface area contributed by atoms with Gasteiger partial charge in [0.25, 0.3) is 11.8 Å². The monoisotopic (exact) mass is 647 g/mol. The van der Waals surface area contributed by atoms with E-state index in [2.05, 4.69) is 32.6 Å². The zero-order valence-electron chi connectivity index (χ0n) is 28.9. The van der Waals surface area contributed by atoms with Gasteiger partial charge in [0, 0.05) is 36.7 Å². The van der Waals surface area contributed by atoms with Crippen LogP contribution >= 0.6 is 11.3 Å². The van der Waals surface area contributed by atoms with Crippen molar-refractivity contribution in [3.8, 4) is 17.3 Å². The number of unbranched alkanes of at least 4 members (excludes halogenated alkanes) is 2. The van der Waals surface area contributed by atoms with Gasteiger partial charge in [-0.05, 0) is 60.9 Å². The fourth-order valence-electron chi connectivity index (χ4n) is 5.58. The fraction of sp³-hybridized carbons (Fsp3) is 0.528. The number of aliphatic hydroxyl groups excluding tert-OH is 1. The lowest BCUT2D eigenvalue weighted by atomic mass is 9.91. The Morgan fingerprint density at radius 3 is 2.07 bits per heavy atom. The number of aliphatic hydroxyl groups is 1. The lowest BCUT2D eigenvalue weighted by molar-refractivity contribution is -0.171. The van der Waals surface area contributed by atoms with Crippen molar-refractivity contribution in [2.75, 3.05) is 25.0 Å². The maximum atomic E-state index is 14.1. The summed E-state index contributed by atoms with van der Waals surface area (Å²) in [5, 5.41) is 22.7. The predicted molar refractivity (Wildman–Crippen MR) is 185 cm³/mol. The Balaban J connectivity index is 2.37. The Hall–Kier alpha value is -3.81. The molecule has 0 spiro atoms. The van der Waals surface area contributed by atoms with Crippen LogP contribution in [0.15, 0.2) is 28.9 Å².